The van der Waals surface area contributed by atoms with Gasteiger partial charge in [-0.15, -0.1) is 0 Å². The molecule has 1 aromatic heterocycles. The number of nitro benzene ring substituents is 2. The molecule has 2 unspecified atom stereocenters. The van der Waals surface area contributed by atoms with Gasteiger partial charge in [-0.25, -0.2) is 10.9 Å². The number of aromatic nitrogens is 1. The molecule has 2 heterocycles. The number of nitrogens with zero attached hydrogens (tertiary/aromatic N) is 4. The van der Waals surface area contributed by atoms with E-state index in [0.717, 1.165) is 12.1 Å². The Bertz CT molecular complexity index is 1460. The summed E-state index contributed by atoms with van der Waals surface area (Å²) in [6, 6.07) is 12.3. The smallest absolute Gasteiger partial charge is 0.271 e. The van der Waals surface area contributed by atoms with Crippen LogP contribution in [-0.4, -0.2) is 44.3 Å². The number of carbonyl (C=O) groups excluding carboxylic acids is 2. The molecule has 0 radical (unpaired) electrons. The molecule has 0 aliphatic carbocycles. The van der Waals surface area contributed by atoms with Crippen LogP contribution in [0.1, 0.15) is 32.4 Å². The third-order valence-electron chi connectivity index (χ3n) is 5.37. The molecule has 15 nitrogen and oxygen atoms in total. The van der Waals surface area contributed by atoms with Crippen molar-refractivity contribution in [3.8, 4) is 0 Å². The zero-order valence-corrected chi connectivity index (χ0v) is 19.2. The Hall–Kier alpha value is -5.57. The lowest BCUT2D eigenvalue weighted by Gasteiger charge is -2.19. The molecule has 4 rings (SSSR count). The van der Waals surface area contributed by atoms with Gasteiger partial charge in [-0.05, 0) is 29.8 Å². The molecule has 1 aliphatic heterocycles. The Morgan fingerprint density at radius 2 is 1.50 bits per heavy atom. The number of carbonyl (C=O) groups is 2. The van der Waals surface area contributed by atoms with Crippen molar-refractivity contribution in [3.05, 3.63) is 110 Å². The van der Waals surface area contributed by atoms with Crippen molar-refractivity contribution in [1.82, 2.24) is 21.3 Å². The molecule has 38 heavy (non-hydrogen) atoms. The maximum absolute atomic E-state index is 12.7. The van der Waals surface area contributed by atoms with Gasteiger partial charge in [0.1, 0.15) is 17.9 Å². The van der Waals surface area contributed by atoms with Gasteiger partial charge in [0.05, 0.1) is 9.85 Å². The Kier molecular flexibility index (Phi) is 7.39. The summed E-state index contributed by atoms with van der Waals surface area (Å²) in [6.07, 6.45) is 2.13. The van der Waals surface area contributed by atoms with Crippen LogP contribution in [-0.2, 0) is 4.74 Å². The van der Waals surface area contributed by atoms with E-state index in [1.807, 2.05) is 0 Å². The summed E-state index contributed by atoms with van der Waals surface area (Å²) in [5.41, 5.74) is 7.26. The Morgan fingerprint density at radius 3 is 2.08 bits per heavy atom. The number of nitro groups is 2. The highest BCUT2D eigenvalue weighted by molar-refractivity contribution is 6.41. The van der Waals surface area contributed by atoms with Crippen LogP contribution in [0.2, 0.25) is 0 Å². The second kappa shape index (κ2) is 11.0. The van der Waals surface area contributed by atoms with Crippen molar-refractivity contribution in [2.24, 2.45) is 5.10 Å². The zero-order chi connectivity index (χ0) is 27.2. The SMILES string of the molecule is N=C1OC(c2ccncc2)C(NNC(=O)c2cccc([N+](=O)[O-])c2)C1=NNC(=O)c1cccc([N+](=O)[O-])c1. The molecule has 1 fully saturated rings. The highest BCUT2D eigenvalue weighted by atomic mass is 16.6. The normalized spacial score (nSPS) is 17.5. The van der Waals surface area contributed by atoms with Crippen molar-refractivity contribution >= 4 is 34.8 Å². The van der Waals surface area contributed by atoms with E-state index in [-0.39, 0.29) is 28.2 Å². The minimum absolute atomic E-state index is 0.00128. The van der Waals surface area contributed by atoms with E-state index in [0.29, 0.717) is 5.56 Å². The van der Waals surface area contributed by atoms with Crippen LogP contribution in [0.3, 0.4) is 0 Å². The van der Waals surface area contributed by atoms with E-state index < -0.39 is 39.7 Å². The summed E-state index contributed by atoms with van der Waals surface area (Å²) < 4.78 is 5.63. The first-order chi connectivity index (χ1) is 18.2. The third kappa shape index (κ3) is 5.63. The number of non-ortho nitro benzene ring substituents is 2. The van der Waals surface area contributed by atoms with Crippen molar-refractivity contribution in [3.63, 3.8) is 0 Å². The van der Waals surface area contributed by atoms with Crippen LogP contribution >= 0.6 is 0 Å². The minimum Gasteiger partial charge on any atom is -0.466 e. The molecular weight excluding hydrogens is 500 g/mol. The first-order valence-electron chi connectivity index (χ1n) is 10.8. The Labute approximate surface area is 213 Å². The summed E-state index contributed by atoms with van der Waals surface area (Å²) in [4.78, 5) is 49.9. The number of nitrogens with one attached hydrogen (secondary N) is 4. The van der Waals surface area contributed by atoms with Crippen LogP contribution in [0, 0.1) is 25.6 Å². The Morgan fingerprint density at radius 1 is 0.921 bits per heavy atom. The quantitative estimate of drug-likeness (QED) is 0.253. The monoisotopic (exact) mass is 518 g/mol. The molecule has 2 atom stereocenters. The van der Waals surface area contributed by atoms with Crippen LogP contribution < -0.4 is 16.3 Å². The largest absolute Gasteiger partial charge is 0.466 e. The van der Waals surface area contributed by atoms with Crippen LogP contribution in [0.5, 0.6) is 0 Å². The molecule has 192 valence electrons. The van der Waals surface area contributed by atoms with Crippen molar-refractivity contribution in [1.29, 1.82) is 5.41 Å². The molecule has 0 saturated carbocycles. The second-order valence-electron chi connectivity index (χ2n) is 7.78. The average molecular weight is 518 g/mol. The molecule has 0 bridgehead atoms. The van der Waals surface area contributed by atoms with E-state index in [9.17, 15) is 29.8 Å². The summed E-state index contributed by atoms with van der Waals surface area (Å²) >= 11 is 0. The summed E-state index contributed by atoms with van der Waals surface area (Å²) in [5, 5.41) is 34.3. The fraction of sp³-hybridized carbons (Fsp3) is 0.0870. The number of amides is 2. The van der Waals surface area contributed by atoms with E-state index in [1.54, 1.807) is 12.1 Å². The second-order valence-corrected chi connectivity index (χ2v) is 7.78. The maximum atomic E-state index is 12.7. The number of benzene rings is 2. The number of hydrogen-bond acceptors (Lipinski definition) is 11. The lowest BCUT2D eigenvalue weighted by atomic mass is 10.0. The third-order valence-corrected chi connectivity index (χ3v) is 5.37. The fourth-order valence-corrected chi connectivity index (χ4v) is 3.53. The van der Waals surface area contributed by atoms with Gasteiger partial charge >= 0.3 is 0 Å². The predicted octanol–water partition coefficient (Wildman–Crippen LogP) is 2.04. The predicted molar refractivity (Wildman–Crippen MR) is 131 cm³/mol. The minimum atomic E-state index is -0.988. The maximum Gasteiger partial charge on any atom is 0.271 e. The van der Waals surface area contributed by atoms with Crippen LogP contribution in [0.15, 0.2) is 78.2 Å². The summed E-state index contributed by atoms with van der Waals surface area (Å²) in [6.45, 7) is 0. The highest BCUT2D eigenvalue weighted by Gasteiger charge is 2.41. The van der Waals surface area contributed by atoms with Gasteiger partial charge in [-0.2, -0.15) is 5.10 Å². The van der Waals surface area contributed by atoms with E-state index in [4.69, 9.17) is 10.1 Å². The average Bonchev–Trinajstić information content (AvgIpc) is 3.25. The highest BCUT2D eigenvalue weighted by Crippen LogP contribution is 2.28. The number of ether oxygens (including phenoxy) is 1. The van der Waals surface area contributed by atoms with Gasteiger partial charge in [0, 0.05) is 47.8 Å². The molecule has 0 spiro atoms. The van der Waals surface area contributed by atoms with Gasteiger partial charge in [0.2, 0.25) is 5.90 Å². The van der Waals surface area contributed by atoms with Gasteiger partial charge in [0.25, 0.3) is 23.2 Å². The van der Waals surface area contributed by atoms with E-state index in [2.05, 4.69) is 26.4 Å². The van der Waals surface area contributed by atoms with Crippen LogP contribution in [0.25, 0.3) is 0 Å². The molecule has 2 aromatic carbocycles. The summed E-state index contributed by atoms with van der Waals surface area (Å²) in [7, 11) is 0. The van der Waals surface area contributed by atoms with Gasteiger partial charge in [-0.3, -0.25) is 45.6 Å². The van der Waals surface area contributed by atoms with E-state index in [1.165, 1.54) is 48.8 Å². The molecule has 2 amide bonds. The number of hydrogen-bond donors (Lipinski definition) is 4. The first kappa shape index (κ1) is 25.5. The fourth-order valence-electron chi connectivity index (χ4n) is 3.53. The molecule has 15 heteroatoms. The molecule has 4 N–H and O–H groups in total. The van der Waals surface area contributed by atoms with E-state index >= 15 is 0 Å². The summed E-state index contributed by atoms with van der Waals surface area (Å²) in [5.74, 6) is -1.89. The Balaban J connectivity index is 1.57. The lowest BCUT2D eigenvalue weighted by Crippen LogP contribution is -2.49. The van der Waals surface area contributed by atoms with Crippen LogP contribution in [0.4, 0.5) is 11.4 Å². The first-order valence-corrected chi connectivity index (χ1v) is 10.8. The number of hydrazone groups is 1. The van der Waals surface area contributed by atoms with Gasteiger partial charge < -0.3 is 4.74 Å². The van der Waals surface area contributed by atoms with Crippen molar-refractivity contribution < 1.29 is 24.2 Å². The number of pyridine rings is 1. The van der Waals surface area contributed by atoms with Crippen molar-refractivity contribution in [2.75, 3.05) is 0 Å². The standard InChI is InChI=1S/C23H18N8O7/c24-21-19(27-29-23(33)15-4-2-6-17(12-15)31(36)37)18(20(38-21)13-7-9-25-10-8-13)26-28-22(32)14-3-1-5-16(11-14)30(34)35/h1-12,18,20,24,26H,(H,28,32)(H,29,33). The molecular formula is C23H18N8O7. The van der Waals surface area contributed by atoms with Gasteiger partial charge in [-0.1, -0.05) is 12.1 Å². The molecule has 1 saturated heterocycles. The topological polar surface area (TPSA) is 215 Å². The number of rotatable bonds is 8. The van der Waals surface area contributed by atoms with Crippen molar-refractivity contribution in [2.45, 2.75) is 12.1 Å². The lowest BCUT2D eigenvalue weighted by molar-refractivity contribution is -0.385. The molecule has 3 aromatic rings. The van der Waals surface area contributed by atoms with Gasteiger partial charge in [0.15, 0.2) is 0 Å². The number of hydrazine groups is 1. The molecule has 1 aliphatic rings. The zero-order valence-electron chi connectivity index (χ0n) is 19.2.